The van der Waals surface area contributed by atoms with Gasteiger partial charge in [-0.25, -0.2) is 8.42 Å². The third-order valence-electron chi connectivity index (χ3n) is 3.98. The molecule has 0 amide bonds. The molecule has 1 heterocycles. The van der Waals surface area contributed by atoms with Gasteiger partial charge in [-0.15, -0.1) is 11.3 Å². The normalized spacial score (nSPS) is 11.5. The molecule has 4 nitrogen and oxygen atoms in total. The van der Waals surface area contributed by atoms with Gasteiger partial charge in [-0.05, 0) is 60.9 Å². The maximum atomic E-state index is 12.4. The average Bonchev–Trinajstić information content (AvgIpc) is 3.04. The van der Waals surface area contributed by atoms with E-state index in [2.05, 4.69) is 30.0 Å². The number of para-hydroxylation sites is 1. The Morgan fingerprint density at radius 1 is 0.885 bits per heavy atom. The summed E-state index contributed by atoms with van der Waals surface area (Å²) in [6.07, 6.45) is 0. The average molecular weight is 387 g/mol. The van der Waals surface area contributed by atoms with Gasteiger partial charge in [0.15, 0.2) is 0 Å². The van der Waals surface area contributed by atoms with Crippen molar-refractivity contribution >= 4 is 38.4 Å². The molecular weight excluding hydrogens is 364 g/mol. The second-order valence-electron chi connectivity index (χ2n) is 6.41. The number of nitrogens with one attached hydrogen (secondary N) is 2. The first-order valence-corrected chi connectivity index (χ1v) is 10.7. The topological polar surface area (TPSA) is 58.2 Å². The first-order chi connectivity index (χ1) is 12.3. The van der Waals surface area contributed by atoms with E-state index in [0.717, 1.165) is 16.3 Å². The fourth-order valence-corrected chi connectivity index (χ4v) is 5.00. The fourth-order valence-electron chi connectivity index (χ4n) is 2.65. The van der Waals surface area contributed by atoms with Crippen molar-refractivity contribution in [3.8, 4) is 0 Å². The number of aryl methyl sites for hydroxylation is 1. The second-order valence-corrected chi connectivity index (χ2v) is 9.61. The number of hydrogen-bond acceptors (Lipinski definition) is 4. The Hall–Kier alpha value is -2.31. The predicted molar refractivity (Wildman–Crippen MR) is 110 cm³/mol. The van der Waals surface area contributed by atoms with Crippen molar-refractivity contribution < 1.29 is 8.42 Å². The lowest BCUT2D eigenvalue weighted by atomic mass is 10.0. The third-order valence-corrected chi connectivity index (χ3v) is 6.85. The van der Waals surface area contributed by atoms with Gasteiger partial charge in [-0.1, -0.05) is 32.0 Å². The Morgan fingerprint density at radius 3 is 2.15 bits per heavy atom. The molecule has 3 rings (SSSR count). The third kappa shape index (κ3) is 4.26. The van der Waals surface area contributed by atoms with Gasteiger partial charge in [0.2, 0.25) is 0 Å². The van der Waals surface area contributed by atoms with Crippen LogP contribution in [0.5, 0.6) is 0 Å². The van der Waals surface area contributed by atoms with Crippen LogP contribution in [0.1, 0.15) is 30.2 Å². The number of thiophene rings is 1. The minimum absolute atomic E-state index is 0.322. The van der Waals surface area contributed by atoms with E-state index in [9.17, 15) is 8.42 Å². The van der Waals surface area contributed by atoms with E-state index in [1.165, 1.54) is 16.9 Å². The van der Waals surface area contributed by atoms with Gasteiger partial charge in [-0.2, -0.15) is 0 Å². The molecule has 0 aliphatic rings. The maximum Gasteiger partial charge on any atom is 0.271 e. The van der Waals surface area contributed by atoms with Gasteiger partial charge >= 0.3 is 0 Å². The van der Waals surface area contributed by atoms with E-state index >= 15 is 0 Å². The Bertz CT molecular complexity index is 991. The molecule has 0 spiro atoms. The second kappa shape index (κ2) is 7.51. The van der Waals surface area contributed by atoms with Crippen LogP contribution in [-0.4, -0.2) is 8.42 Å². The van der Waals surface area contributed by atoms with Crippen molar-refractivity contribution in [3.63, 3.8) is 0 Å². The molecule has 0 radical (unpaired) electrons. The minimum atomic E-state index is -3.53. The molecule has 1 aromatic heterocycles. The molecule has 0 aliphatic carbocycles. The lowest BCUT2D eigenvalue weighted by Crippen LogP contribution is -2.11. The van der Waals surface area contributed by atoms with E-state index in [1.807, 2.05) is 37.3 Å². The van der Waals surface area contributed by atoms with Crippen molar-refractivity contribution in [2.24, 2.45) is 0 Å². The van der Waals surface area contributed by atoms with E-state index in [-0.39, 0.29) is 0 Å². The molecule has 26 heavy (non-hydrogen) atoms. The van der Waals surface area contributed by atoms with Crippen LogP contribution in [0.4, 0.5) is 17.1 Å². The van der Waals surface area contributed by atoms with Gasteiger partial charge in [0.25, 0.3) is 10.0 Å². The van der Waals surface area contributed by atoms with E-state index in [1.54, 1.807) is 24.3 Å². The van der Waals surface area contributed by atoms with Gasteiger partial charge in [-0.3, -0.25) is 4.72 Å². The van der Waals surface area contributed by atoms with Crippen LogP contribution in [-0.2, 0) is 10.0 Å². The summed E-state index contributed by atoms with van der Waals surface area (Å²) in [5, 5.41) is 3.40. The Morgan fingerprint density at radius 2 is 1.54 bits per heavy atom. The number of sulfonamides is 1. The molecular formula is C20H22N2O2S2. The summed E-state index contributed by atoms with van der Waals surface area (Å²) in [6.45, 7) is 6.20. The smallest absolute Gasteiger partial charge is 0.271 e. The Labute approximate surface area is 159 Å². The SMILES string of the molecule is Cc1ccc(S(=O)(=O)Nc2ccc(Nc3ccccc3C(C)C)cc2)s1. The molecule has 6 heteroatoms. The highest BCUT2D eigenvalue weighted by Gasteiger charge is 2.16. The Kier molecular flexibility index (Phi) is 5.34. The highest BCUT2D eigenvalue weighted by atomic mass is 32.2. The van der Waals surface area contributed by atoms with Crippen LogP contribution in [0.15, 0.2) is 64.9 Å². The lowest BCUT2D eigenvalue weighted by molar-refractivity contribution is 0.603. The maximum absolute atomic E-state index is 12.4. The van der Waals surface area contributed by atoms with Gasteiger partial charge in [0.05, 0.1) is 0 Å². The van der Waals surface area contributed by atoms with Crippen LogP contribution < -0.4 is 10.0 Å². The molecule has 136 valence electrons. The summed E-state index contributed by atoms with van der Waals surface area (Å²) in [7, 11) is -3.53. The molecule has 0 saturated heterocycles. The molecule has 2 aromatic carbocycles. The van der Waals surface area contributed by atoms with Crippen LogP contribution in [0.3, 0.4) is 0 Å². The van der Waals surface area contributed by atoms with Crippen molar-refractivity contribution in [2.75, 3.05) is 10.0 Å². The summed E-state index contributed by atoms with van der Waals surface area (Å²) < 4.78 is 27.7. The molecule has 0 fully saturated rings. The van der Waals surface area contributed by atoms with Crippen LogP contribution in [0, 0.1) is 6.92 Å². The van der Waals surface area contributed by atoms with Crippen molar-refractivity contribution in [2.45, 2.75) is 30.9 Å². The Balaban J connectivity index is 1.75. The van der Waals surface area contributed by atoms with Crippen LogP contribution in [0.25, 0.3) is 0 Å². The summed E-state index contributed by atoms with van der Waals surface area (Å²) in [5.41, 5.74) is 3.75. The lowest BCUT2D eigenvalue weighted by Gasteiger charge is -2.15. The monoisotopic (exact) mass is 386 g/mol. The highest BCUT2D eigenvalue weighted by molar-refractivity contribution is 7.94. The van der Waals surface area contributed by atoms with Crippen molar-refractivity contribution in [1.29, 1.82) is 0 Å². The number of rotatable bonds is 6. The van der Waals surface area contributed by atoms with Gasteiger partial charge < -0.3 is 5.32 Å². The zero-order valence-corrected chi connectivity index (χ0v) is 16.6. The largest absolute Gasteiger partial charge is 0.355 e. The fraction of sp³-hybridized carbons (Fsp3) is 0.200. The van der Waals surface area contributed by atoms with Gasteiger partial charge in [0, 0.05) is 21.9 Å². The number of anilines is 3. The number of benzene rings is 2. The highest BCUT2D eigenvalue weighted by Crippen LogP contribution is 2.28. The van der Waals surface area contributed by atoms with E-state index in [0.29, 0.717) is 15.8 Å². The molecule has 2 N–H and O–H groups in total. The summed E-state index contributed by atoms with van der Waals surface area (Å²) in [6, 6.07) is 18.9. The molecule has 0 unspecified atom stereocenters. The first kappa shape index (κ1) is 18.5. The van der Waals surface area contributed by atoms with Crippen LogP contribution >= 0.6 is 11.3 Å². The molecule has 0 aliphatic heterocycles. The minimum Gasteiger partial charge on any atom is -0.355 e. The summed E-state index contributed by atoms with van der Waals surface area (Å²) in [5.74, 6) is 0.416. The molecule has 0 saturated carbocycles. The first-order valence-electron chi connectivity index (χ1n) is 8.40. The molecule has 3 aromatic rings. The summed E-state index contributed by atoms with van der Waals surface area (Å²) >= 11 is 1.26. The zero-order chi connectivity index (χ0) is 18.7. The van der Waals surface area contributed by atoms with E-state index < -0.39 is 10.0 Å². The van der Waals surface area contributed by atoms with Crippen molar-refractivity contribution in [3.05, 3.63) is 71.1 Å². The quantitative estimate of drug-likeness (QED) is 0.569. The predicted octanol–water partition coefficient (Wildman–Crippen LogP) is 5.72. The number of hydrogen-bond donors (Lipinski definition) is 2. The standard InChI is InChI=1S/C20H22N2O2S2/c1-14(2)18-6-4-5-7-19(18)21-16-9-11-17(12-10-16)22-26(23,24)20-13-8-15(3)25-20/h4-14,21-22H,1-3H3. The van der Waals surface area contributed by atoms with Crippen LogP contribution in [0.2, 0.25) is 0 Å². The molecule has 0 atom stereocenters. The van der Waals surface area contributed by atoms with E-state index in [4.69, 9.17) is 0 Å². The van der Waals surface area contributed by atoms with Gasteiger partial charge in [0.1, 0.15) is 4.21 Å². The zero-order valence-electron chi connectivity index (χ0n) is 15.0. The van der Waals surface area contributed by atoms with Crippen molar-refractivity contribution in [1.82, 2.24) is 0 Å². The summed E-state index contributed by atoms with van der Waals surface area (Å²) in [4.78, 5) is 0.966. The molecule has 0 bridgehead atoms.